The number of hydrogen-bond donors (Lipinski definition) is 3. The van der Waals surface area contributed by atoms with Gasteiger partial charge < -0.3 is 20.6 Å². The maximum absolute atomic E-state index is 12.5. The van der Waals surface area contributed by atoms with Crippen molar-refractivity contribution in [1.29, 1.82) is 5.41 Å². The molecule has 138 valence electrons. The minimum Gasteiger partial charge on any atom is -0.508 e. The topological polar surface area (TPSA) is 111 Å². The third-order valence-corrected chi connectivity index (χ3v) is 4.41. The number of carbonyl (C=O) groups excluding carboxylic acids is 1. The summed E-state index contributed by atoms with van der Waals surface area (Å²) in [5.74, 6) is 0.574. The van der Waals surface area contributed by atoms with Gasteiger partial charge in [-0.1, -0.05) is 0 Å². The molecule has 0 spiro atoms. The summed E-state index contributed by atoms with van der Waals surface area (Å²) >= 11 is 0. The van der Waals surface area contributed by atoms with E-state index in [1.54, 1.807) is 17.8 Å². The monoisotopic (exact) mass is 360 g/mol. The highest BCUT2D eigenvalue weighted by Crippen LogP contribution is 2.24. The molecule has 4 N–H and O–H groups in total. The van der Waals surface area contributed by atoms with E-state index in [4.69, 9.17) is 11.1 Å². The number of nitrogens with zero attached hydrogens (tertiary/aromatic N) is 4. The molecule has 0 bridgehead atoms. The van der Waals surface area contributed by atoms with Crippen LogP contribution in [-0.4, -0.2) is 64.3 Å². The molecule has 0 unspecified atom stereocenters. The molecule has 0 atom stereocenters. The van der Waals surface area contributed by atoms with Crippen LogP contribution in [0.4, 0.5) is 15.9 Å². The number of aryl methyl sites for hydroxylation is 1. The van der Waals surface area contributed by atoms with E-state index in [1.807, 2.05) is 4.90 Å². The van der Waals surface area contributed by atoms with Crippen molar-refractivity contribution in [1.82, 2.24) is 14.7 Å². The van der Waals surface area contributed by atoms with Gasteiger partial charge in [-0.2, -0.15) is 5.10 Å². The summed E-state index contributed by atoms with van der Waals surface area (Å²) in [5.41, 5.74) is 7.13. The zero-order valence-electron chi connectivity index (χ0n) is 14.4. The van der Waals surface area contributed by atoms with Crippen LogP contribution < -0.4 is 10.6 Å². The quantitative estimate of drug-likeness (QED) is 0.414. The van der Waals surface area contributed by atoms with Crippen LogP contribution >= 0.6 is 0 Å². The summed E-state index contributed by atoms with van der Waals surface area (Å²) in [6, 6.07) is 6.12. The zero-order chi connectivity index (χ0) is 18.8. The van der Waals surface area contributed by atoms with Gasteiger partial charge in [0.2, 0.25) is 5.91 Å². The molecule has 3 rings (SSSR count). The van der Waals surface area contributed by atoms with E-state index in [0.29, 0.717) is 35.9 Å². The Bertz CT molecular complexity index is 850. The number of amides is 1. The van der Waals surface area contributed by atoms with Crippen LogP contribution in [0.1, 0.15) is 11.3 Å². The Morgan fingerprint density at radius 3 is 2.85 bits per heavy atom. The molecule has 1 amide bonds. The van der Waals surface area contributed by atoms with Crippen molar-refractivity contribution in [3.05, 3.63) is 35.5 Å². The molecular formula is C17H21FN6O2. The van der Waals surface area contributed by atoms with Gasteiger partial charge in [-0.25, -0.2) is 4.39 Å². The largest absolute Gasteiger partial charge is 0.508 e. The number of nitrogen functional groups attached to an aromatic ring is 1. The Morgan fingerprint density at radius 1 is 1.38 bits per heavy atom. The predicted octanol–water partition coefficient (Wildman–Crippen LogP) is 0.742. The first-order valence-corrected chi connectivity index (χ1v) is 8.21. The molecule has 2 aromatic rings. The summed E-state index contributed by atoms with van der Waals surface area (Å²) in [5, 5.41) is 22.3. The van der Waals surface area contributed by atoms with Gasteiger partial charge in [-0.3, -0.25) is 14.9 Å². The number of carbonyl (C=O) groups is 1. The van der Waals surface area contributed by atoms with Gasteiger partial charge in [0, 0.05) is 44.0 Å². The van der Waals surface area contributed by atoms with Crippen LogP contribution in [-0.2, 0) is 11.8 Å². The predicted molar refractivity (Wildman–Crippen MR) is 96.4 cm³/mol. The summed E-state index contributed by atoms with van der Waals surface area (Å²) in [6.07, 6.45) is 0. The first-order valence-electron chi connectivity index (χ1n) is 8.21. The van der Waals surface area contributed by atoms with Crippen LogP contribution in [0.25, 0.3) is 0 Å². The standard InChI is InChI=1S/C17H21FN6O2/c1-22-15(24-7-6-23(5-4-18)16(26)10-24)9-14(21-22)17(20)12-8-11(25)2-3-13(12)19/h2-3,8-9,20,25H,4-7,10,19H2,1H3. The Kier molecular flexibility index (Phi) is 4.79. The molecule has 1 aromatic carbocycles. The highest BCUT2D eigenvalue weighted by Gasteiger charge is 2.26. The minimum atomic E-state index is -0.551. The number of benzene rings is 1. The van der Waals surface area contributed by atoms with E-state index in [-0.39, 0.29) is 30.5 Å². The summed E-state index contributed by atoms with van der Waals surface area (Å²) in [4.78, 5) is 15.5. The summed E-state index contributed by atoms with van der Waals surface area (Å²) < 4.78 is 14.1. The second-order valence-electron chi connectivity index (χ2n) is 6.15. The second-order valence-corrected chi connectivity index (χ2v) is 6.15. The number of halogens is 1. The maximum Gasteiger partial charge on any atom is 0.242 e. The number of alkyl halides is 1. The van der Waals surface area contributed by atoms with Crippen LogP contribution in [0.2, 0.25) is 0 Å². The fourth-order valence-corrected chi connectivity index (χ4v) is 3.02. The molecule has 1 saturated heterocycles. The van der Waals surface area contributed by atoms with Crippen LogP contribution in [0.3, 0.4) is 0 Å². The third-order valence-electron chi connectivity index (χ3n) is 4.41. The molecule has 1 aliphatic heterocycles. The van der Waals surface area contributed by atoms with Gasteiger partial charge in [0.15, 0.2) is 0 Å². The number of phenolic OH excluding ortho intramolecular Hbond substituents is 1. The van der Waals surface area contributed by atoms with E-state index >= 15 is 0 Å². The van der Waals surface area contributed by atoms with Crippen molar-refractivity contribution >= 4 is 23.1 Å². The average molecular weight is 360 g/mol. The molecule has 1 aliphatic rings. The van der Waals surface area contributed by atoms with Crippen molar-refractivity contribution in [3.8, 4) is 5.75 Å². The van der Waals surface area contributed by atoms with Gasteiger partial charge in [0.25, 0.3) is 0 Å². The molecular weight excluding hydrogens is 339 g/mol. The SMILES string of the molecule is Cn1nc(C(=N)c2cc(O)ccc2N)cc1N1CCN(CCF)C(=O)C1. The van der Waals surface area contributed by atoms with Crippen molar-refractivity contribution in [2.45, 2.75) is 0 Å². The number of nitrogens with two attached hydrogens (primary N) is 1. The van der Waals surface area contributed by atoms with Crippen molar-refractivity contribution < 1.29 is 14.3 Å². The van der Waals surface area contributed by atoms with E-state index in [9.17, 15) is 14.3 Å². The van der Waals surface area contributed by atoms with Gasteiger partial charge in [0.05, 0.1) is 12.3 Å². The summed E-state index contributed by atoms with van der Waals surface area (Å²) in [7, 11) is 1.73. The molecule has 1 fully saturated rings. The highest BCUT2D eigenvalue weighted by atomic mass is 19.1. The zero-order valence-corrected chi connectivity index (χ0v) is 14.4. The van der Waals surface area contributed by atoms with Gasteiger partial charge in [-0.05, 0) is 18.2 Å². The second kappa shape index (κ2) is 7.03. The maximum atomic E-state index is 12.5. The van der Waals surface area contributed by atoms with Crippen LogP contribution in [0.15, 0.2) is 24.3 Å². The van der Waals surface area contributed by atoms with Crippen LogP contribution in [0, 0.1) is 5.41 Å². The number of aromatic nitrogens is 2. The van der Waals surface area contributed by atoms with Crippen LogP contribution in [0.5, 0.6) is 5.75 Å². The molecule has 0 saturated carbocycles. The fourth-order valence-electron chi connectivity index (χ4n) is 3.02. The van der Waals surface area contributed by atoms with Crippen molar-refractivity contribution in [2.24, 2.45) is 7.05 Å². The van der Waals surface area contributed by atoms with E-state index in [2.05, 4.69) is 5.10 Å². The lowest BCUT2D eigenvalue weighted by atomic mass is 10.1. The smallest absolute Gasteiger partial charge is 0.242 e. The number of phenols is 1. The first-order chi connectivity index (χ1) is 12.4. The molecule has 8 nitrogen and oxygen atoms in total. The molecule has 1 aromatic heterocycles. The normalized spacial score (nSPS) is 14.8. The number of anilines is 2. The highest BCUT2D eigenvalue weighted by molar-refractivity contribution is 6.13. The number of nitrogens with one attached hydrogen (secondary N) is 1. The number of rotatable bonds is 5. The molecule has 26 heavy (non-hydrogen) atoms. The molecule has 0 radical (unpaired) electrons. The number of hydrogen-bond acceptors (Lipinski definition) is 6. The van der Waals surface area contributed by atoms with Gasteiger partial charge in [0.1, 0.15) is 23.9 Å². The number of aromatic hydroxyl groups is 1. The Morgan fingerprint density at radius 2 is 2.15 bits per heavy atom. The summed E-state index contributed by atoms with van der Waals surface area (Å²) in [6.45, 7) is 0.710. The van der Waals surface area contributed by atoms with Crippen molar-refractivity contribution in [3.63, 3.8) is 0 Å². The molecule has 2 heterocycles. The van der Waals surface area contributed by atoms with E-state index in [0.717, 1.165) is 0 Å². The van der Waals surface area contributed by atoms with Crippen molar-refractivity contribution in [2.75, 3.05) is 43.5 Å². The average Bonchev–Trinajstić information content (AvgIpc) is 3.00. The lowest BCUT2D eigenvalue weighted by Crippen LogP contribution is -2.51. The molecule has 0 aliphatic carbocycles. The van der Waals surface area contributed by atoms with E-state index in [1.165, 1.54) is 23.1 Å². The lowest BCUT2D eigenvalue weighted by molar-refractivity contribution is -0.131. The van der Waals surface area contributed by atoms with Gasteiger partial charge in [-0.15, -0.1) is 0 Å². The minimum absolute atomic E-state index is 0.0182. The first kappa shape index (κ1) is 17.7. The fraction of sp³-hybridized carbons (Fsp3) is 0.353. The Balaban J connectivity index is 1.82. The van der Waals surface area contributed by atoms with E-state index < -0.39 is 6.67 Å². The Hall–Kier alpha value is -3.10. The number of piperazine rings is 1. The molecule has 9 heteroatoms. The van der Waals surface area contributed by atoms with Gasteiger partial charge >= 0.3 is 0 Å². The lowest BCUT2D eigenvalue weighted by Gasteiger charge is -2.34. The Labute approximate surface area is 150 Å². The third kappa shape index (κ3) is 3.32.